The van der Waals surface area contributed by atoms with Crippen LogP contribution in [0.1, 0.15) is 30.3 Å². The number of aryl methyl sites for hydroxylation is 2. The molecule has 0 N–H and O–H groups in total. The summed E-state index contributed by atoms with van der Waals surface area (Å²) in [6.07, 6.45) is 6.18. The lowest BCUT2D eigenvalue weighted by atomic mass is 10.1. The summed E-state index contributed by atoms with van der Waals surface area (Å²) < 4.78 is 9.74. The van der Waals surface area contributed by atoms with Crippen molar-refractivity contribution in [2.75, 3.05) is 19.7 Å². The lowest BCUT2D eigenvalue weighted by molar-refractivity contribution is -0.134. The second-order valence-corrected chi connectivity index (χ2v) is 6.15. The van der Waals surface area contributed by atoms with Gasteiger partial charge >= 0.3 is 0 Å². The molecule has 1 fully saturated rings. The zero-order valence-electron chi connectivity index (χ0n) is 14.0. The minimum absolute atomic E-state index is 0.0543. The molecule has 0 saturated carbocycles. The molecule has 0 radical (unpaired) electrons. The van der Waals surface area contributed by atoms with Gasteiger partial charge in [0, 0.05) is 38.6 Å². The van der Waals surface area contributed by atoms with E-state index < -0.39 is 0 Å². The summed E-state index contributed by atoms with van der Waals surface area (Å²) in [6, 6.07) is 4.59. The molecule has 1 amide bonds. The third kappa shape index (κ3) is 3.25. The van der Waals surface area contributed by atoms with Crippen LogP contribution in [-0.2, 0) is 11.8 Å². The number of piperidine rings is 1. The highest BCUT2D eigenvalue weighted by atomic mass is 16.5. The van der Waals surface area contributed by atoms with E-state index in [1.807, 2.05) is 37.9 Å². The largest absolute Gasteiger partial charge is 0.480 e. The summed E-state index contributed by atoms with van der Waals surface area (Å²) >= 11 is 0. The van der Waals surface area contributed by atoms with Crippen molar-refractivity contribution >= 4 is 5.91 Å². The van der Waals surface area contributed by atoms with Gasteiger partial charge < -0.3 is 14.2 Å². The molecular weight excluding hydrogens is 292 g/mol. The fourth-order valence-electron chi connectivity index (χ4n) is 3.19. The van der Waals surface area contributed by atoms with Crippen LogP contribution in [-0.4, -0.2) is 44.9 Å². The number of nitrogens with zero attached hydrogens (tertiary/aromatic N) is 4. The van der Waals surface area contributed by atoms with Crippen molar-refractivity contribution in [3.8, 4) is 5.75 Å². The molecule has 1 saturated heterocycles. The molecule has 3 heterocycles. The van der Waals surface area contributed by atoms with Crippen molar-refractivity contribution in [2.24, 2.45) is 7.05 Å². The Bertz CT molecular complexity index is 667. The minimum atomic E-state index is 0.0543. The number of amides is 1. The maximum absolute atomic E-state index is 12.4. The number of hydrogen-bond donors (Lipinski definition) is 0. The second kappa shape index (κ2) is 6.48. The first-order chi connectivity index (χ1) is 11.1. The summed E-state index contributed by atoms with van der Waals surface area (Å²) in [5, 5.41) is 4.30. The van der Waals surface area contributed by atoms with E-state index in [9.17, 15) is 4.79 Å². The predicted molar refractivity (Wildman–Crippen MR) is 87.5 cm³/mol. The Kier molecular flexibility index (Phi) is 4.41. The lowest BCUT2D eigenvalue weighted by Crippen LogP contribution is -2.41. The molecule has 6 nitrogen and oxygen atoms in total. The first-order valence-corrected chi connectivity index (χ1v) is 8.09. The van der Waals surface area contributed by atoms with Crippen molar-refractivity contribution in [3.63, 3.8) is 0 Å². The van der Waals surface area contributed by atoms with Gasteiger partial charge in [-0.2, -0.15) is 5.10 Å². The highest BCUT2D eigenvalue weighted by Crippen LogP contribution is 2.24. The van der Waals surface area contributed by atoms with Crippen molar-refractivity contribution in [3.05, 3.63) is 35.9 Å². The van der Waals surface area contributed by atoms with E-state index >= 15 is 0 Å². The van der Waals surface area contributed by atoms with E-state index in [1.165, 1.54) is 0 Å². The molecule has 0 bridgehead atoms. The van der Waals surface area contributed by atoms with Gasteiger partial charge in [-0.25, -0.2) is 0 Å². The minimum Gasteiger partial charge on any atom is -0.480 e. The Morgan fingerprint density at radius 3 is 2.48 bits per heavy atom. The number of carbonyl (C=O) groups is 1. The normalized spacial score (nSPS) is 15.9. The monoisotopic (exact) mass is 316 g/mol. The van der Waals surface area contributed by atoms with Gasteiger partial charge in [0.15, 0.2) is 12.4 Å². The molecule has 2 aromatic heterocycles. The number of carbonyl (C=O) groups excluding carboxylic acids is 1. The van der Waals surface area contributed by atoms with Crippen LogP contribution in [0.4, 0.5) is 0 Å². The molecule has 0 atom stereocenters. The first-order valence-electron chi connectivity index (χ1n) is 8.09. The van der Waals surface area contributed by atoms with E-state index in [-0.39, 0.29) is 12.5 Å². The van der Waals surface area contributed by atoms with Gasteiger partial charge in [0.1, 0.15) is 5.69 Å². The molecule has 0 unspecified atom stereocenters. The summed E-state index contributed by atoms with van der Waals surface area (Å²) in [6.45, 7) is 5.51. The van der Waals surface area contributed by atoms with Gasteiger partial charge in [-0.3, -0.25) is 9.48 Å². The molecule has 0 spiro atoms. The van der Waals surface area contributed by atoms with Crippen LogP contribution >= 0.6 is 0 Å². The van der Waals surface area contributed by atoms with Crippen molar-refractivity contribution < 1.29 is 9.53 Å². The van der Waals surface area contributed by atoms with Crippen molar-refractivity contribution in [2.45, 2.75) is 32.7 Å². The van der Waals surface area contributed by atoms with Crippen molar-refractivity contribution in [1.82, 2.24) is 19.2 Å². The molecule has 1 aliphatic heterocycles. The summed E-state index contributed by atoms with van der Waals surface area (Å²) in [4.78, 5) is 14.3. The van der Waals surface area contributed by atoms with Gasteiger partial charge in [0.05, 0.1) is 5.69 Å². The molecule has 0 aliphatic carbocycles. The van der Waals surface area contributed by atoms with Gasteiger partial charge in [-0.1, -0.05) is 0 Å². The highest BCUT2D eigenvalue weighted by molar-refractivity contribution is 5.77. The molecule has 3 rings (SSSR count). The summed E-state index contributed by atoms with van der Waals surface area (Å²) in [5.41, 5.74) is 1.77. The number of rotatable bonds is 4. The highest BCUT2D eigenvalue weighted by Gasteiger charge is 2.24. The Balaban J connectivity index is 1.52. The number of hydrogen-bond acceptors (Lipinski definition) is 3. The molecule has 6 heteroatoms. The van der Waals surface area contributed by atoms with Crippen molar-refractivity contribution in [1.29, 1.82) is 0 Å². The van der Waals surface area contributed by atoms with E-state index in [1.54, 1.807) is 4.68 Å². The Hall–Kier alpha value is -2.24. The standard InChI is InChI=1S/C17H24N4O2/c1-13-17(14(2)19(3)18-13)23-12-16(22)21-10-6-15(7-11-21)20-8-4-5-9-20/h4-5,8-9,15H,6-7,10-12H2,1-3H3. The number of likely N-dealkylation sites (tertiary alicyclic amines) is 1. The number of aromatic nitrogens is 3. The molecule has 2 aromatic rings. The average molecular weight is 316 g/mol. The fourth-order valence-corrected chi connectivity index (χ4v) is 3.19. The van der Waals surface area contributed by atoms with Crippen LogP contribution in [0.3, 0.4) is 0 Å². The predicted octanol–water partition coefficient (Wildman–Crippen LogP) is 2.08. The third-order valence-corrected chi connectivity index (χ3v) is 4.65. The molecular formula is C17H24N4O2. The summed E-state index contributed by atoms with van der Waals surface area (Å²) in [5.74, 6) is 0.779. The first kappa shape index (κ1) is 15.6. The van der Waals surface area contributed by atoms with Crippen LogP contribution in [0.5, 0.6) is 5.75 Å². The zero-order valence-corrected chi connectivity index (χ0v) is 14.0. The van der Waals surface area contributed by atoms with Crippen LogP contribution in [0.25, 0.3) is 0 Å². The Morgan fingerprint density at radius 1 is 1.26 bits per heavy atom. The lowest BCUT2D eigenvalue weighted by Gasteiger charge is -2.32. The van der Waals surface area contributed by atoms with Crippen LogP contribution in [0.15, 0.2) is 24.5 Å². The fraction of sp³-hybridized carbons (Fsp3) is 0.529. The maximum Gasteiger partial charge on any atom is 0.260 e. The Morgan fingerprint density at radius 2 is 1.91 bits per heavy atom. The van der Waals surface area contributed by atoms with Gasteiger partial charge in [-0.15, -0.1) is 0 Å². The van der Waals surface area contributed by atoms with Crippen LogP contribution in [0, 0.1) is 13.8 Å². The average Bonchev–Trinajstić information content (AvgIpc) is 3.16. The van der Waals surface area contributed by atoms with Gasteiger partial charge in [0.2, 0.25) is 0 Å². The topological polar surface area (TPSA) is 52.3 Å². The SMILES string of the molecule is Cc1nn(C)c(C)c1OCC(=O)N1CCC(n2cccc2)CC1. The molecule has 0 aromatic carbocycles. The third-order valence-electron chi connectivity index (χ3n) is 4.65. The molecule has 124 valence electrons. The molecule has 23 heavy (non-hydrogen) atoms. The smallest absolute Gasteiger partial charge is 0.260 e. The maximum atomic E-state index is 12.4. The number of ether oxygens (including phenoxy) is 1. The molecule has 1 aliphatic rings. The van der Waals surface area contributed by atoms with Crippen LogP contribution < -0.4 is 4.74 Å². The second-order valence-electron chi connectivity index (χ2n) is 6.15. The van der Waals surface area contributed by atoms with Gasteiger partial charge in [-0.05, 0) is 38.8 Å². The summed E-state index contributed by atoms with van der Waals surface area (Å²) in [7, 11) is 1.88. The van der Waals surface area contributed by atoms with E-state index in [2.05, 4.69) is 22.1 Å². The van der Waals surface area contributed by atoms with Gasteiger partial charge in [0.25, 0.3) is 5.91 Å². The van der Waals surface area contributed by atoms with E-state index in [4.69, 9.17) is 4.74 Å². The Labute approximate surface area is 136 Å². The van der Waals surface area contributed by atoms with E-state index in [0.717, 1.165) is 43.1 Å². The quantitative estimate of drug-likeness (QED) is 0.868. The van der Waals surface area contributed by atoms with Crippen LogP contribution in [0.2, 0.25) is 0 Å². The zero-order chi connectivity index (χ0) is 16.4. The van der Waals surface area contributed by atoms with E-state index in [0.29, 0.717) is 6.04 Å².